The molecule has 1 heterocycles. The van der Waals surface area contributed by atoms with Crippen molar-refractivity contribution in [3.05, 3.63) is 0 Å². The van der Waals surface area contributed by atoms with E-state index in [2.05, 4.69) is 0 Å². The van der Waals surface area contributed by atoms with Crippen molar-refractivity contribution in [3.63, 3.8) is 0 Å². The second-order valence-electron chi connectivity index (χ2n) is 5.53. The van der Waals surface area contributed by atoms with Crippen molar-refractivity contribution in [2.75, 3.05) is 6.61 Å². The van der Waals surface area contributed by atoms with Crippen LogP contribution >= 0.6 is 12.2 Å². The number of nitrogens with two attached hydrogens (primary N) is 1. The highest BCUT2D eigenvalue weighted by Crippen LogP contribution is 2.29. The number of rotatable bonds is 1. The lowest BCUT2D eigenvalue weighted by molar-refractivity contribution is -0.0605. The van der Waals surface area contributed by atoms with Gasteiger partial charge in [0.1, 0.15) is 17.4 Å². The first kappa shape index (κ1) is 14.2. The number of hydrogen-bond donors (Lipinski definition) is 1. The van der Waals surface area contributed by atoms with Gasteiger partial charge in [0.2, 0.25) is 0 Å². The molecule has 0 bridgehead atoms. The van der Waals surface area contributed by atoms with Crippen molar-refractivity contribution in [1.29, 1.82) is 0 Å². The Balaban J connectivity index is 2.90. The van der Waals surface area contributed by atoms with Crippen LogP contribution in [-0.2, 0) is 9.47 Å². The summed E-state index contributed by atoms with van der Waals surface area (Å²) in [6, 6.07) is -0.408. The molecular weight excluding hydrogens is 240 g/mol. The molecule has 0 aromatic heterocycles. The van der Waals surface area contributed by atoms with Crippen molar-refractivity contribution in [2.24, 2.45) is 5.73 Å². The normalized spacial score (nSPS) is 23.6. The molecule has 98 valence electrons. The van der Waals surface area contributed by atoms with Crippen molar-refractivity contribution >= 4 is 23.3 Å². The minimum Gasteiger partial charge on any atom is -0.444 e. The largest absolute Gasteiger partial charge is 0.444 e. The third kappa shape index (κ3) is 3.29. The monoisotopic (exact) mass is 260 g/mol. The van der Waals surface area contributed by atoms with Crippen LogP contribution in [0.1, 0.15) is 34.6 Å². The molecule has 0 spiro atoms. The summed E-state index contributed by atoms with van der Waals surface area (Å²) in [5.74, 6) is 0. The summed E-state index contributed by atoms with van der Waals surface area (Å²) in [7, 11) is 0. The maximum atomic E-state index is 12.1. The van der Waals surface area contributed by atoms with E-state index in [-0.39, 0.29) is 4.99 Å². The first-order valence-corrected chi connectivity index (χ1v) is 5.91. The fraction of sp³-hybridized carbons (Fsp3) is 0.818. The molecule has 1 unspecified atom stereocenters. The highest BCUT2D eigenvalue weighted by Gasteiger charge is 2.46. The van der Waals surface area contributed by atoms with Gasteiger partial charge in [0, 0.05) is 0 Å². The van der Waals surface area contributed by atoms with Crippen LogP contribution in [0.2, 0.25) is 0 Å². The molecule has 1 rings (SSSR count). The van der Waals surface area contributed by atoms with Crippen LogP contribution in [0.3, 0.4) is 0 Å². The predicted molar refractivity (Wildman–Crippen MR) is 68.7 cm³/mol. The Hall–Kier alpha value is -0.880. The van der Waals surface area contributed by atoms with Gasteiger partial charge in [-0.15, -0.1) is 0 Å². The molecular formula is C11H20N2O3S. The summed E-state index contributed by atoms with van der Waals surface area (Å²) in [6.07, 6.45) is -0.460. The van der Waals surface area contributed by atoms with Crippen molar-refractivity contribution in [1.82, 2.24) is 4.90 Å². The Morgan fingerprint density at radius 1 is 1.53 bits per heavy atom. The quantitative estimate of drug-likeness (QED) is 0.726. The first-order chi connectivity index (χ1) is 7.54. The lowest BCUT2D eigenvalue weighted by Crippen LogP contribution is -2.53. The fourth-order valence-electron chi connectivity index (χ4n) is 1.67. The van der Waals surface area contributed by atoms with Crippen molar-refractivity contribution in [3.8, 4) is 0 Å². The summed E-state index contributed by atoms with van der Waals surface area (Å²) in [4.78, 5) is 13.8. The van der Waals surface area contributed by atoms with Gasteiger partial charge in [-0.25, -0.2) is 4.79 Å². The summed E-state index contributed by atoms with van der Waals surface area (Å²) >= 11 is 4.94. The molecule has 5 nitrogen and oxygen atoms in total. The second-order valence-corrected chi connectivity index (χ2v) is 6.00. The van der Waals surface area contributed by atoms with Gasteiger partial charge in [-0.2, -0.15) is 0 Å². The first-order valence-electron chi connectivity index (χ1n) is 5.50. The van der Waals surface area contributed by atoms with Gasteiger partial charge in [-0.05, 0) is 34.6 Å². The van der Waals surface area contributed by atoms with E-state index in [4.69, 9.17) is 27.4 Å². The number of thiocarbonyl (C=S) groups is 1. The van der Waals surface area contributed by atoms with E-state index in [9.17, 15) is 4.79 Å². The molecule has 0 aromatic rings. The SMILES string of the molecule is CC(C)(C)OC(=O)N1C(C(N)=S)COC1(C)C. The molecule has 1 amide bonds. The minimum absolute atomic E-state index is 0.237. The number of amides is 1. The zero-order valence-corrected chi connectivity index (χ0v) is 11.8. The number of ether oxygens (including phenoxy) is 2. The van der Waals surface area contributed by atoms with E-state index in [1.165, 1.54) is 4.90 Å². The summed E-state index contributed by atoms with van der Waals surface area (Å²) < 4.78 is 10.8. The molecule has 0 saturated carbocycles. The molecule has 6 heteroatoms. The van der Waals surface area contributed by atoms with Gasteiger partial charge in [0.05, 0.1) is 11.6 Å². The highest BCUT2D eigenvalue weighted by atomic mass is 32.1. The molecule has 2 N–H and O–H groups in total. The summed E-state index contributed by atoms with van der Waals surface area (Å²) in [6.45, 7) is 9.31. The summed E-state index contributed by atoms with van der Waals surface area (Å²) in [5, 5.41) is 0. The van der Waals surface area contributed by atoms with E-state index < -0.39 is 23.5 Å². The minimum atomic E-state index is -0.754. The Morgan fingerprint density at radius 2 is 2.06 bits per heavy atom. The van der Waals surface area contributed by atoms with E-state index in [1.807, 2.05) is 20.8 Å². The molecule has 1 saturated heterocycles. The van der Waals surface area contributed by atoms with Crippen LogP contribution < -0.4 is 5.73 Å². The molecule has 0 aromatic carbocycles. The Bertz CT molecular complexity index is 336. The van der Waals surface area contributed by atoms with Crippen LogP contribution in [-0.4, -0.2) is 40.0 Å². The molecule has 1 aliphatic heterocycles. The van der Waals surface area contributed by atoms with Crippen LogP contribution in [0.5, 0.6) is 0 Å². The van der Waals surface area contributed by atoms with Gasteiger partial charge in [0.15, 0.2) is 0 Å². The summed E-state index contributed by atoms with van der Waals surface area (Å²) in [5.41, 5.74) is 4.30. The van der Waals surface area contributed by atoms with Gasteiger partial charge in [-0.3, -0.25) is 4.90 Å². The van der Waals surface area contributed by atoms with E-state index in [0.29, 0.717) is 6.61 Å². The molecule has 1 atom stereocenters. The van der Waals surface area contributed by atoms with Gasteiger partial charge in [0.25, 0.3) is 0 Å². The lowest BCUT2D eigenvalue weighted by Gasteiger charge is -2.34. The standard InChI is InChI=1S/C11H20N2O3S/c1-10(2,3)16-9(14)13-7(8(12)17)6-15-11(13,4)5/h7H,6H2,1-5H3,(H2,12,17). The third-order valence-corrected chi connectivity index (χ3v) is 2.68. The molecule has 1 fully saturated rings. The molecule has 17 heavy (non-hydrogen) atoms. The van der Waals surface area contributed by atoms with E-state index >= 15 is 0 Å². The van der Waals surface area contributed by atoms with E-state index in [1.54, 1.807) is 13.8 Å². The predicted octanol–water partition coefficient (Wildman–Crippen LogP) is 1.64. The van der Waals surface area contributed by atoms with E-state index in [0.717, 1.165) is 0 Å². The maximum Gasteiger partial charge on any atom is 0.413 e. The Labute approximate surface area is 107 Å². The Morgan fingerprint density at radius 3 is 2.47 bits per heavy atom. The zero-order chi connectivity index (χ0) is 13.4. The number of nitrogens with zero attached hydrogens (tertiary/aromatic N) is 1. The maximum absolute atomic E-state index is 12.1. The van der Waals surface area contributed by atoms with Gasteiger partial charge < -0.3 is 15.2 Å². The molecule has 0 radical (unpaired) electrons. The van der Waals surface area contributed by atoms with Crippen molar-refractivity contribution < 1.29 is 14.3 Å². The molecule has 1 aliphatic rings. The topological polar surface area (TPSA) is 64.8 Å². The second kappa shape index (κ2) is 4.42. The third-order valence-electron chi connectivity index (χ3n) is 2.40. The van der Waals surface area contributed by atoms with Crippen molar-refractivity contribution in [2.45, 2.75) is 52.0 Å². The average Bonchev–Trinajstić information content (AvgIpc) is 2.37. The number of carbonyl (C=O) groups excluding carboxylic acids is 1. The van der Waals surface area contributed by atoms with Gasteiger partial charge >= 0.3 is 6.09 Å². The van der Waals surface area contributed by atoms with Crippen LogP contribution in [0, 0.1) is 0 Å². The highest BCUT2D eigenvalue weighted by molar-refractivity contribution is 7.80. The van der Waals surface area contributed by atoms with Crippen LogP contribution in [0.25, 0.3) is 0 Å². The Kier molecular flexibility index (Phi) is 3.69. The smallest absolute Gasteiger partial charge is 0.413 e. The number of carbonyl (C=O) groups is 1. The lowest BCUT2D eigenvalue weighted by atomic mass is 10.2. The molecule has 0 aliphatic carbocycles. The number of hydrogen-bond acceptors (Lipinski definition) is 4. The van der Waals surface area contributed by atoms with Crippen LogP contribution in [0.15, 0.2) is 0 Å². The van der Waals surface area contributed by atoms with Crippen LogP contribution in [0.4, 0.5) is 4.79 Å². The fourth-order valence-corrected chi connectivity index (χ4v) is 1.84. The van der Waals surface area contributed by atoms with Gasteiger partial charge in [-0.1, -0.05) is 12.2 Å². The average molecular weight is 260 g/mol. The zero-order valence-electron chi connectivity index (χ0n) is 10.9.